The zero-order chi connectivity index (χ0) is 19.9. The summed E-state index contributed by atoms with van der Waals surface area (Å²) in [6.45, 7) is 1.56. The molecule has 0 fully saturated rings. The van der Waals surface area contributed by atoms with Gasteiger partial charge >= 0.3 is 5.97 Å². The molecule has 146 valence electrons. The van der Waals surface area contributed by atoms with Crippen LogP contribution in [0.2, 0.25) is 5.02 Å². The number of benzene rings is 2. The molecule has 28 heavy (non-hydrogen) atoms. The molecule has 3 aromatic rings. The monoisotopic (exact) mass is 416 g/mol. The van der Waals surface area contributed by atoms with Gasteiger partial charge in [0.05, 0.1) is 15.2 Å². The van der Waals surface area contributed by atoms with Crippen LogP contribution < -0.4 is 5.32 Å². The normalized spacial score (nSPS) is 10.8. The highest BCUT2D eigenvalue weighted by Gasteiger charge is 2.10. The number of nitrogens with one attached hydrogen (secondary N) is 1. The molecular weight excluding hydrogens is 396 g/mol. The van der Waals surface area contributed by atoms with Gasteiger partial charge in [-0.2, -0.15) is 0 Å². The number of para-hydroxylation sites is 1. The smallest absolute Gasteiger partial charge is 0.306 e. The Labute approximate surface area is 172 Å². The van der Waals surface area contributed by atoms with E-state index in [1.807, 2.05) is 31.2 Å². The quantitative estimate of drug-likeness (QED) is 0.407. The average Bonchev–Trinajstić information content (AvgIpc) is 3.09. The molecule has 0 aliphatic rings. The van der Waals surface area contributed by atoms with Gasteiger partial charge in [-0.25, -0.2) is 4.98 Å². The van der Waals surface area contributed by atoms with E-state index in [-0.39, 0.29) is 24.9 Å². The number of anilines is 1. The topological polar surface area (TPSA) is 68.3 Å². The SMILES string of the molecule is Cc1ccc(Cl)cc1NC(=O)COC(=O)CCCCc1nc2ccccc2s1. The molecule has 0 saturated carbocycles. The van der Waals surface area contributed by atoms with E-state index < -0.39 is 0 Å². The summed E-state index contributed by atoms with van der Waals surface area (Å²) < 4.78 is 6.23. The Bertz CT molecular complexity index is 954. The number of halogens is 1. The van der Waals surface area contributed by atoms with Crippen molar-refractivity contribution < 1.29 is 14.3 Å². The molecular formula is C21H21ClN2O3S. The lowest BCUT2D eigenvalue weighted by atomic mass is 10.2. The average molecular weight is 417 g/mol. The van der Waals surface area contributed by atoms with Crippen molar-refractivity contribution in [1.29, 1.82) is 0 Å². The fraction of sp³-hybridized carbons (Fsp3) is 0.286. The number of fused-ring (bicyclic) bond motifs is 1. The van der Waals surface area contributed by atoms with E-state index in [0.29, 0.717) is 17.1 Å². The summed E-state index contributed by atoms with van der Waals surface area (Å²) in [6.07, 6.45) is 2.67. The second kappa shape index (κ2) is 9.66. The van der Waals surface area contributed by atoms with Crippen molar-refractivity contribution in [2.75, 3.05) is 11.9 Å². The predicted octanol–water partition coefficient (Wildman–Crippen LogP) is 5.15. The highest BCUT2D eigenvalue weighted by Crippen LogP contribution is 2.23. The third-order valence-electron chi connectivity index (χ3n) is 4.20. The Morgan fingerprint density at radius 3 is 2.82 bits per heavy atom. The van der Waals surface area contributed by atoms with Crippen LogP contribution in [-0.4, -0.2) is 23.5 Å². The van der Waals surface area contributed by atoms with E-state index >= 15 is 0 Å². The van der Waals surface area contributed by atoms with E-state index in [2.05, 4.69) is 16.4 Å². The van der Waals surface area contributed by atoms with Gasteiger partial charge in [0.1, 0.15) is 0 Å². The number of rotatable bonds is 8. The number of amides is 1. The van der Waals surface area contributed by atoms with Crippen LogP contribution in [0.4, 0.5) is 5.69 Å². The first-order valence-corrected chi connectivity index (χ1v) is 10.3. The van der Waals surface area contributed by atoms with Crippen molar-refractivity contribution in [2.45, 2.75) is 32.6 Å². The minimum Gasteiger partial charge on any atom is -0.456 e. The molecule has 0 aliphatic carbocycles. The number of aryl methyl sites for hydroxylation is 2. The van der Waals surface area contributed by atoms with Crippen molar-refractivity contribution in [2.24, 2.45) is 0 Å². The molecule has 7 heteroatoms. The molecule has 3 rings (SSSR count). The maximum atomic E-state index is 11.9. The third kappa shape index (κ3) is 5.78. The Morgan fingerprint density at radius 1 is 1.18 bits per heavy atom. The molecule has 0 unspecified atom stereocenters. The molecule has 0 radical (unpaired) electrons. The van der Waals surface area contributed by atoms with E-state index in [9.17, 15) is 9.59 Å². The van der Waals surface area contributed by atoms with Gasteiger partial charge < -0.3 is 10.1 Å². The highest BCUT2D eigenvalue weighted by atomic mass is 35.5. The summed E-state index contributed by atoms with van der Waals surface area (Å²) in [6, 6.07) is 13.3. The van der Waals surface area contributed by atoms with Gasteiger partial charge in [-0.15, -0.1) is 11.3 Å². The first kappa shape index (κ1) is 20.3. The van der Waals surface area contributed by atoms with Crippen molar-refractivity contribution >= 4 is 50.7 Å². The summed E-state index contributed by atoms with van der Waals surface area (Å²) in [7, 11) is 0. The number of hydrogen-bond donors (Lipinski definition) is 1. The van der Waals surface area contributed by atoms with Gasteiger partial charge in [0.25, 0.3) is 5.91 Å². The fourth-order valence-corrected chi connectivity index (χ4v) is 3.89. The maximum Gasteiger partial charge on any atom is 0.306 e. The van der Waals surface area contributed by atoms with Crippen LogP contribution in [0, 0.1) is 6.92 Å². The molecule has 1 amide bonds. The summed E-state index contributed by atoms with van der Waals surface area (Å²) >= 11 is 7.61. The molecule has 1 heterocycles. The van der Waals surface area contributed by atoms with Gasteiger partial charge in [-0.3, -0.25) is 9.59 Å². The number of unbranched alkanes of at least 4 members (excludes halogenated alkanes) is 1. The van der Waals surface area contributed by atoms with Gasteiger partial charge in [0.2, 0.25) is 0 Å². The Morgan fingerprint density at radius 2 is 2.00 bits per heavy atom. The number of aromatic nitrogens is 1. The largest absolute Gasteiger partial charge is 0.456 e. The third-order valence-corrected chi connectivity index (χ3v) is 5.53. The van der Waals surface area contributed by atoms with Crippen molar-refractivity contribution in [3.05, 3.63) is 58.1 Å². The van der Waals surface area contributed by atoms with Crippen LogP contribution >= 0.6 is 22.9 Å². The molecule has 0 aliphatic heterocycles. The van der Waals surface area contributed by atoms with Crippen LogP contribution in [0.1, 0.15) is 29.8 Å². The number of ether oxygens (including phenoxy) is 1. The van der Waals surface area contributed by atoms with Gasteiger partial charge in [0, 0.05) is 17.1 Å². The molecule has 2 aromatic carbocycles. The van der Waals surface area contributed by atoms with Crippen LogP contribution in [0.5, 0.6) is 0 Å². The number of thiazole rings is 1. The Kier molecular flexibility index (Phi) is 7.01. The lowest BCUT2D eigenvalue weighted by Gasteiger charge is -2.09. The molecule has 0 bridgehead atoms. The van der Waals surface area contributed by atoms with Crippen LogP contribution in [0.3, 0.4) is 0 Å². The van der Waals surface area contributed by atoms with E-state index in [1.54, 1.807) is 23.5 Å². The molecule has 1 N–H and O–H groups in total. The molecule has 0 atom stereocenters. The molecule has 1 aromatic heterocycles. The van der Waals surface area contributed by atoms with E-state index in [0.717, 1.165) is 28.9 Å². The predicted molar refractivity (Wildman–Crippen MR) is 113 cm³/mol. The second-order valence-electron chi connectivity index (χ2n) is 6.45. The number of nitrogens with zero attached hydrogens (tertiary/aromatic N) is 1. The zero-order valence-electron chi connectivity index (χ0n) is 15.5. The van der Waals surface area contributed by atoms with Crippen LogP contribution in [0.15, 0.2) is 42.5 Å². The second-order valence-corrected chi connectivity index (χ2v) is 8.00. The van der Waals surface area contributed by atoms with E-state index in [1.165, 1.54) is 4.70 Å². The summed E-state index contributed by atoms with van der Waals surface area (Å²) in [5, 5.41) is 4.31. The van der Waals surface area contributed by atoms with Crippen LogP contribution in [0.25, 0.3) is 10.2 Å². The minimum absolute atomic E-state index is 0.286. The first-order chi connectivity index (χ1) is 13.5. The number of carbonyl (C=O) groups excluding carboxylic acids is 2. The molecule has 0 spiro atoms. The Balaban J connectivity index is 1.35. The molecule has 0 saturated heterocycles. The van der Waals surface area contributed by atoms with Gasteiger partial charge in [-0.05, 0) is 56.0 Å². The van der Waals surface area contributed by atoms with Crippen molar-refractivity contribution in [3.8, 4) is 0 Å². The van der Waals surface area contributed by atoms with Gasteiger partial charge in [0.15, 0.2) is 6.61 Å². The Hall–Kier alpha value is -2.44. The number of hydrogen-bond acceptors (Lipinski definition) is 5. The first-order valence-electron chi connectivity index (χ1n) is 9.07. The van der Waals surface area contributed by atoms with Crippen molar-refractivity contribution in [3.63, 3.8) is 0 Å². The lowest BCUT2D eigenvalue weighted by molar-refractivity contribution is -0.147. The fourth-order valence-electron chi connectivity index (χ4n) is 2.71. The van der Waals surface area contributed by atoms with E-state index in [4.69, 9.17) is 16.3 Å². The minimum atomic E-state index is -0.381. The van der Waals surface area contributed by atoms with Crippen LogP contribution in [-0.2, 0) is 20.7 Å². The van der Waals surface area contributed by atoms with Gasteiger partial charge in [-0.1, -0.05) is 29.8 Å². The summed E-state index contributed by atoms with van der Waals surface area (Å²) in [4.78, 5) is 28.4. The highest BCUT2D eigenvalue weighted by molar-refractivity contribution is 7.18. The summed E-state index contributed by atoms with van der Waals surface area (Å²) in [5.74, 6) is -0.754. The van der Waals surface area contributed by atoms with Crippen molar-refractivity contribution in [1.82, 2.24) is 4.98 Å². The standard InChI is InChI=1S/C21H21ClN2O3S/c1-14-10-11-15(22)12-17(14)23-19(25)13-27-21(26)9-5-4-8-20-24-16-6-2-3-7-18(16)28-20/h2-3,6-7,10-12H,4-5,8-9,13H2,1H3,(H,23,25). The lowest BCUT2D eigenvalue weighted by Crippen LogP contribution is -2.21. The summed E-state index contributed by atoms with van der Waals surface area (Å²) in [5.41, 5.74) is 2.52. The maximum absolute atomic E-state index is 11.9. The molecule has 5 nitrogen and oxygen atoms in total. The number of esters is 1. The zero-order valence-corrected chi connectivity index (χ0v) is 17.1. The number of carbonyl (C=O) groups is 2.